The van der Waals surface area contributed by atoms with Crippen LogP contribution in [-0.2, 0) is 30.3 Å². The first-order valence-electron chi connectivity index (χ1n) is 15.6. The van der Waals surface area contributed by atoms with Gasteiger partial charge in [-0.2, -0.15) is 0 Å². The minimum Gasteiger partial charge on any atom is -0.512 e. The molecule has 5 rings (SSSR count). The molecule has 0 bridgehead atoms. The van der Waals surface area contributed by atoms with Gasteiger partial charge in [0.15, 0.2) is 5.78 Å². The molecule has 3 aromatic heterocycles. The van der Waals surface area contributed by atoms with E-state index in [-0.39, 0.29) is 48.9 Å². The molecular formula is C38H44IrN3O2S-. The normalized spacial score (nSPS) is 11.9. The fourth-order valence-electron chi connectivity index (χ4n) is 5.52. The minimum atomic E-state index is 0. The standard InChI is InChI=1S/C25H20N3S.C13H24O2.Ir/c1-25(2,3)21-11-17(10-16-6-4-5-7-18(16)21)22-12-23(28-15-27-22)20-13-26-14-24-19(20)8-9-29-24;1-5-10(6-2)12(14)9-13(15)11(7-3)8-4;/h4-9,11-15H,1-3H3;9-11,14H,5-8H2,1-4H3;/q-1;;/b;12-9-;. The summed E-state index contributed by atoms with van der Waals surface area (Å²) in [5, 5.41) is 15.4. The molecule has 0 saturated carbocycles. The van der Waals surface area contributed by atoms with Crippen LogP contribution in [0.15, 0.2) is 78.4 Å². The van der Waals surface area contributed by atoms with Gasteiger partial charge in [0.1, 0.15) is 6.33 Å². The zero-order chi connectivity index (χ0) is 31.9. The molecule has 0 spiro atoms. The van der Waals surface area contributed by atoms with Crippen molar-refractivity contribution in [3.05, 3.63) is 90.0 Å². The number of benzene rings is 2. The summed E-state index contributed by atoms with van der Waals surface area (Å²) in [5.74, 6) is 0.547. The van der Waals surface area contributed by atoms with Gasteiger partial charge in [0.2, 0.25) is 0 Å². The van der Waals surface area contributed by atoms with Gasteiger partial charge in [0.05, 0.1) is 16.2 Å². The summed E-state index contributed by atoms with van der Waals surface area (Å²) in [6, 6.07) is 18.4. The Labute approximate surface area is 285 Å². The molecule has 0 aliphatic rings. The predicted molar refractivity (Wildman–Crippen MR) is 185 cm³/mol. The van der Waals surface area contributed by atoms with Crippen LogP contribution in [0.25, 0.3) is 43.4 Å². The Hall–Kier alpha value is -3.25. The van der Waals surface area contributed by atoms with E-state index < -0.39 is 0 Å². The third-order valence-corrected chi connectivity index (χ3v) is 9.12. The largest absolute Gasteiger partial charge is 0.512 e. The Morgan fingerprint density at radius 3 is 2.24 bits per heavy atom. The Kier molecular flexibility index (Phi) is 13.2. The van der Waals surface area contributed by atoms with Crippen LogP contribution in [0, 0.1) is 17.9 Å². The van der Waals surface area contributed by atoms with Crippen molar-refractivity contribution < 1.29 is 30.0 Å². The average molecular weight is 799 g/mol. The zero-order valence-corrected chi connectivity index (χ0v) is 30.6. The van der Waals surface area contributed by atoms with Gasteiger partial charge in [-0.25, -0.2) is 4.98 Å². The number of nitrogens with zero attached hydrogens (tertiary/aromatic N) is 3. The Balaban J connectivity index is 0.000000297. The van der Waals surface area contributed by atoms with Crippen molar-refractivity contribution in [1.82, 2.24) is 15.0 Å². The van der Waals surface area contributed by atoms with Gasteiger partial charge in [-0.3, -0.25) is 14.8 Å². The molecule has 45 heavy (non-hydrogen) atoms. The summed E-state index contributed by atoms with van der Waals surface area (Å²) < 4.78 is 1.16. The first-order valence-corrected chi connectivity index (χ1v) is 16.5. The fraction of sp³-hybridized carbons (Fsp3) is 0.368. The number of fused-ring (bicyclic) bond motifs is 2. The second-order valence-corrected chi connectivity index (χ2v) is 13.1. The molecule has 0 aliphatic heterocycles. The van der Waals surface area contributed by atoms with E-state index in [1.807, 2.05) is 46.2 Å². The number of carbonyl (C=O) groups is 1. The number of rotatable bonds is 9. The number of aliphatic hydroxyl groups is 1. The molecule has 0 aliphatic carbocycles. The van der Waals surface area contributed by atoms with Crippen molar-refractivity contribution in [1.29, 1.82) is 0 Å². The molecule has 0 saturated heterocycles. The number of thiophene rings is 1. The minimum absolute atomic E-state index is 0. The smallest absolute Gasteiger partial charge is 0.162 e. The molecule has 239 valence electrons. The molecule has 1 radical (unpaired) electrons. The predicted octanol–water partition coefficient (Wildman–Crippen LogP) is 10.5. The third kappa shape index (κ3) is 8.72. The van der Waals surface area contributed by atoms with Crippen molar-refractivity contribution in [2.75, 3.05) is 0 Å². The molecule has 0 amide bonds. The molecule has 0 unspecified atom stereocenters. The van der Waals surface area contributed by atoms with E-state index >= 15 is 0 Å². The van der Waals surface area contributed by atoms with E-state index in [1.165, 1.54) is 22.4 Å². The summed E-state index contributed by atoms with van der Waals surface area (Å²) in [4.78, 5) is 25.2. The molecule has 5 aromatic rings. The summed E-state index contributed by atoms with van der Waals surface area (Å²) in [5.41, 5.74) is 5.09. The topological polar surface area (TPSA) is 76.0 Å². The number of ketones is 1. The number of pyridine rings is 1. The van der Waals surface area contributed by atoms with Crippen LogP contribution in [0.1, 0.15) is 79.7 Å². The SMILES string of the molecule is CC(C)(C)c1cc(-c2cc(-c3cncc4sccc34)ncn2)[c-]c2ccccc12.CCC(CC)C(=O)/C=C(\O)C(CC)CC.[Ir]. The molecule has 5 nitrogen and oxygen atoms in total. The maximum absolute atomic E-state index is 11.7. The van der Waals surface area contributed by atoms with Crippen LogP contribution >= 0.6 is 11.3 Å². The van der Waals surface area contributed by atoms with Gasteiger partial charge >= 0.3 is 0 Å². The maximum Gasteiger partial charge on any atom is 0.162 e. The van der Waals surface area contributed by atoms with Gasteiger partial charge in [-0.15, -0.1) is 40.5 Å². The van der Waals surface area contributed by atoms with Gasteiger partial charge in [-0.1, -0.05) is 77.6 Å². The molecule has 7 heteroatoms. The van der Waals surface area contributed by atoms with Crippen molar-refractivity contribution >= 4 is 38.0 Å². The molecular weight excluding hydrogens is 755 g/mol. The molecule has 0 atom stereocenters. The maximum atomic E-state index is 11.7. The summed E-state index contributed by atoms with van der Waals surface area (Å²) in [6.45, 7) is 14.8. The van der Waals surface area contributed by atoms with Crippen LogP contribution in [-0.4, -0.2) is 25.8 Å². The summed E-state index contributed by atoms with van der Waals surface area (Å²) in [7, 11) is 0. The van der Waals surface area contributed by atoms with E-state index in [1.54, 1.807) is 17.7 Å². The average Bonchev–Trinajstić information content (AvgIpc) is 3.51. The van der Waals surface area contributed by atoms with Crippen molar-refractivity contribution in [3.8, 4) is 22.5 Å². The second-order valence-electron chi connectivity index (χ2n) is 12.2. The Morgan fingerprint density at radius 1 is 0.911 bits per heavy atom. The molecule has 0 fully saturated rings. The molecule has 1 N–H and O–H groups in total. The number of aromatic nitrogens is 3. The van der Waals surface area contributed by atoms with Gasteiger partial charge in [0.25, 0.3) is 0 Å². The van der Waals surface area contributed by atoms with E-state index in [9.17, 15) is 9.90 Å². The fourth-order valence-corrected chi connectivity index (χ4v) is 6.29. The summed E-state index contributed by atoms with van der Waals surface area (Å²) >= 11 is 1.69. The number of carbonyl (C=O) groups excluding carboxylic acids is 1. The van der Waals surface area contributed by atoms with Crippen LogP contribution in [0.4, 0.5) is 0 Å². The van der Waals surface area contributed by atoms with E-state index in [0.29, 0.717) is 0 Å². The first kappa shape index (κ1) is 36.2. The monoisotopic (exact) mass is 799 g/mol. The Bertz CT molecular complexity index is 1750. The van der Waals surface area contributed by atoms with Crippen LogP contribution in [0.3, 0.4) is 0 Å². The molecule has 2 aromatic carbocycles. The number of allylic oxidation sites excluding steroid dienone is 2. The van der Waals surface area contributed by atoms with Crippen molar-refractivity contribution in [2.24, 2.45) is 11.8 Å². The van der Waals surface area contributed by atoms with Crippen LogP contribution in [0.2, 0.25) is 0 Å². The van der Waals surface area contributed by atoms with Crippen molar-refractivity contribution in [2.45, 2.75) is 79.6 Å². The number of hydrogen-bond acceptors (Lipinski definition) is 6. The van der Waals surface area contributed by atoms with Gasteiger partial charge < -0.3 is 5.11 Å². The number of hydrogen-bond donors (Lipinski definition) is 1. The zero-order valence-electron chi connectivity index (χ0n) is 27.4. The third-order valence-electron chi connectivity index (χ3n) is 8.27. The first-order chi connectivity index (χ1) is 21.1. The van der Waals surface area contributed by atoms with Crippen LogP contribution in [0.5, 0.6) is 0 Å². The van der Waals surface area contributed by atoms with Gasteiger partial charge in [-0.05, 0) is 48.6 Å². The number of aliphatic hydroxyl groups excluding tert-OH is 1. The van der Waals surface area contributed by atoms with E-state index in [2.05, 4.69) is 83.6 Å². The summed E-state index contributed by atoms with van der Waals surface area (Å²) in [6.07, 6.45) is 10.3. The van der Waals surface area contributed by atoms with Gasteiger partial charge in [0, 0.05) is 67.1 Å². The second kappa shape index (κ2) is 16.4. The van der Waals surface area contributed by atoms with Crippen LogP contribution < -0.4 is 0 Å². The quantitative estimate of drug-likeness (QED) is 0.0913. The molecule has 3 heterocycles. The van der Waals surface area contributed by atoms with E-state index in [0.717, 1.165) is 58.3 Å². The Morgan fingerprint density at radius 2 is 1.58 bits per heavy atom. The van der Waals surface area contributed by atoms with E-state index in [4.69, 9.17) is 0 Å². The van der Waals surface area contributed by atoms with Crippen molar-refractivity contribution in [3.63, 3.8) is 0 Å².